The maximum atomic E-state index is 12.5. The normalized spacial score (nSPS) is 13.2. The smallest absolute Gasteiger partial charge is 0.322 e. The van der Waals surface area contributed by atoms with E-state index >= 15 is 0 Å². The van der Waals surface area contributed by atoms with Gasteiger partial charge in [0.05, 0.1) is 23.3 Å². The molecule has 3 N–H and O–H groups in total. The molecule has 0 heterocycles. The topological polar surface area (TPSA) is 158 Å². The number of carboxylic acid groups (broad SMARTS) is 2. The highest BCUT2D eigenvalue weighted by molar-refractivity contribution is 7.92. The third-order valence-electron chi connectivity index (χ3n) is 3.66. The largest absolute Gasteiger partial charge is 0.481 e. The molecule has 1 aromatic carbocycles. The van der Waals surface area contributed by atoms with Crippen LogP contribution in [0.25, 0.3) is 0 Å². The molecule has 1 atom stereocenters. The van der Waals surface area contributed by atoms with Crippen LogP contribution in [0.3, 0.4) is 0 Å². The third-order valence-corrected chi connectivity index (χ3v) is 6.45. The molecule has 1 unspecified atom stereocenters. The van der Waals surface area contributed by atoms with Crippen LogP contribution in [0.15, 0.2) is 17.0 Å². The molecule has 26 heavy (non-hydrogen) atoms. The van der Waals surface area contributed by atoms with Crippen LogP contribution in [-0.2, 0) is 29.6 Å². The molecule has 0 bridgehead atoms. The SMILES string of the molecule is Cc1ccc(S(=O)(=O)NC(CC(=O)O)C(=O)O)c(C)c1N(C)S(C)(=O)=O. The summed E-state index contributed by atoms with van der Waals surface area (Å²) in [6.07, 6.45) is 0.00813. The summed E-state index contributed by atoms with van der Waals surface area (Å²) >= 11 is 0. The van der Waals surface area contributed by atoms with Crippen LogP contribution in [0.5, 0.6) is 0 Å². The fourth-order valence-corrected chi connectivity index (χ4v) is 4.41. The van der Waals surface area contributed by atoms with Crippen LogP contribution in [-0.4, -0.2) is 58.3 Å². The van der Waals surface area contributed by atoms with Gasteiger partial charge in [-0.15, -0.1) is 0 Å². The summed E-state index contributed by atoms with van der Waals surface area (Å²) in [6, 6.07) is 0.715. The highest BCUT2D eigenvalue weighted by Gasteiger charge is 2.30. The van der Waals surface area contributed by atoms with Gasteiger partial charge in [0, 0.05) is 7.05 Å². The van der Waals surface area contributed by atoms with Crippen molar-refractivity contribution in [3.05, 3.63) is 23.3 Å². The molecule has 0 fully saturated rings. The zero-order chi connectivity index (χ0) is 20.4. The lowest BCUT2D eigenvalue weighted by Gasteiger charge is -2.23. The second-order valence-corrected chi connectivity index (χ2v) is 9.39. The Hall–Kier alpha value is -2.18. The van der Waals surface area contributed by atoms with Crippen molar-refractivity contribution in [3.63, 3.8) is 0 Å². The Labute approximate surface area is 151 Å². The van der Waals surface area contributed by atoms with Crippen LogP contribution < -0.4 is 9.03 Å². The number of carbonyl (C=O) groups is 2. The lowest BCUT2D eigenvalue weighted by atomic mass is 10.1. The Kier molecular flexibility index (Phi) is 6.39. The van der Waals surface area contributed by atoms with Crippen molar-refractivity contribution < 1.29 is 36.6 Å². The molecular weight excluding hydrogens is 388 g/mol. The second kappa shape index (κ2) is 7.60. The second-order valence-electron chi connectivity index (χ2n) is 5.69. The molecule has 10 nitrogen and oxygen atoms in total. The summed E-state index contributed by atoms with van der Waals surface area (Å²) in [7, 11) is -6.82. The molecule has 0 amide bonds. The predicted octanol–water partition coefficient (Wildman–Crippen LogP) is -0.0946. The molecule has 146 valence electrons. The van der Waals surface area contributed by atoms with Gasteiger partial charge in [0.2, 0.25) is 20.0 Å². The van der Waals surface area contributed by atoms with Gasteiger partial charge in [0.1, 0.15) is 6.04 Å². The maximum absolute atomic E-state index is 12.5. The number of nitrogens with zero attached hydrogens (tertiary/aromatic N) is 1. The van der Waals surface area contributed by atoms with Crippen LogP contribution in [0.4, 0.5) is 5.69 Å². The van der Waals surface area contributed by atoms with Crippen molar-refractivity contribution in [1.82, 2.24) is 4.72 Å². The van der Waals surface area contributed by atoms with Gasteiger partial charge < -0.3 is 10.2 Å². The van der Waals surface area contributed by atoms with Crippen molar-refractivity contribution in [2.24, 2.45) is 0 Å². The first-order chi connectivity index (χ1) is 11.7. The van der Waals surface area contributed by atoms with Crippen LogP contribution >= 0.6 is 0 Å². The number of rotatable bonds is 8. The Morgan fingerprint density at radius 2 is 1.69 bits per heavy atom. The summed E-state index contributed by atoms with van der Waals surface area (Å²) in [5, 5.41) is 17.7. The number of benzene rings is 1. The fourth-order valence-electron chi connectivity index (χ4n) is 2.36. The lowest BCUT2D eigenvalue weighted by molar-refractivity contribution is -0.145. The first kappa shape index (κ1) is 21.9. The summed E-state index contributed by atoms with van der Waals surface area (Å²) < 4.78 is 51.5. The summed E-state index contributed by atoms with van der Waals surface area (Å²) in [6.45, 7) is 2.98. The number of hydrogen-bond donors (Lipinski definition) is 3. The molecule has 0 spiro atoms. The van der Waals surface area contributed by atoms with E-state index in [0.717, 1.165) is 10.6 Å². The van der Waals surface area contributed by atoms with Gasteiger partial charge in [-0.1, -0.05) is 6.07 Å². The minimum absolute atomic E-state index is 0.0879. The van der Waals surface area contributed by atoms with Gasteiger partial charge in [-0.2, -0.15) is 4.72 Å². The Balaban J connectivity index is 3.47. The van der Waals surface area contributed by atoms with E-state index in [2.05, 4.69) is 0 Å². The van der Waals surface area contributed by atoms with Gasteiger partial charge in [-0.3, -0.25) is 13.9 Å². The molecule has 0 aromatic heterocycles. The molecular formula is C14H20N2O8S2. The number of aliphatic carboxylic acids is 2. The van der Waals surface area contributed by atoms with Crippen molar-refractivity contribution in [1.29, 1.82) is 0 Å². The van der Waals surface area contributed by atoms with E-state index in [1.54, 1.807) is 6.92 Å². The van der Waals surface area contributed by atoms with Gasteiger partial charge in [0.25, 0.3) is 0 Å². The number of hydrogen-bond acceptors (Lipinski definition) is 6. The van der Waals surface area contributed by atoms with Crippen LogP contribution in [0.1, 0.15) is 17.5 Å². The average Bonchev–Trinajstić information content (AvgIpc) is 2.44. The highest BCUT2D eigenvalue weighted by atomic mass is 32.2. The van der Waals surface area contributed by atoms with Gasteiger partial charge in [-0.05, 0) is 31.0 Å². The highest BCUT2D eigenvalue weighted by Crippen LogP contribution is 2.30. The maximum Gasteiger partial charge on any atom is 0.322 e. The monoisotopic (exact) mass is 408 g/mol. The lowest BCUT2D eigenvalue weighted by Crippen LogP contribution is -2.42. The number of aryl methyl sites for hydroxylation is 1. The average molecular weight is 408 g/mol. The third kappa shape index (κ3) is 4.93. The van der Waals surface area contributed by atoms with Crippen LogP contribution in [0.2, 0.25) is 0 Å². The van der Waals surface area contributed by atoms with Gasteiger partial charge in [0.15, 0.2) is 0 Å². The molecule has 0 saturated heterocycles. The zero-order valence-corrected chi connectivity index (χ0v) is 16.2. The van der Waals surface area contributed by atoms with E-state index in [1.165, 1.54) is 26.1 Å². The molecule has 1 aromatic rings. The first-order valence-electron chi connectivity index (χ1n) is 7.19. The van der Waals surface area contributed by atoms with E-state index in [-0.39, 0.29) is 16.1 Å². The Morgan fingerprint density at radius 1 is 1.15 bits per heavy atom. The number of anilines is 1. The molecule has 0 aliphatic rings. The molecule has 0 aliphatic heterocycles. The zero-order valence-electron chi connectivity index (χ0n) is 14.5. The summed E-state index contributed by atoms with van der Waals surface area (Å²) in [4.78, 5) is 21.5. The minimum Gasteiger partial charge on any atom is -0.481 e. The van der Waals surface area contributed by atoms with Crippen molar-refractivity contribution in [3.8, 4) is 0 Å². The molecule has 0 saturated carbocycles. The van der Waals surface area contributed by atoms with Crippen molar-refractivity contribution in [2.45, 2.75) is 31.2 Å². The number of nitrogens with one attached hydrogen (secondary N) is 1. The standard InChI is InChI=1S/C14H20N2O8S2/c1-8-5-6-11(9(2)13(8)16(3)25(4,21)22)26(23,24)15-10(14(19)20)7-12(17)18/h5-6,10,15H,7H2,1-4H3,(H,17,18)(H,19,20). The van der Waals surface area contributed by atoms with Gasteiger partial charge in [-0.25, -0.2) is 16.8 Å². The van der Waals surface area contributed by atoms with E-state index in [4.69, 9.17) is 10.2 Å². The first-order valence-corrected chi connectivity index (χ1v) is 10.5. The number of carboxylic acids is 2. The van der Waals surface area contributed by atoms with Crippen molar-refractivity contribution in [2.75, 3.05) is 17.6 Å². The van der Waals surface area contributed by atoms with Gasteiger partial charge >= 0.3 is 11.9 Å². The molecule has 0 radical (unpaired) electrons. The number of sulfonamides is 2. The van der Waals surface area contributed by atoms with Crippen LogP contribution in [0, 0.1) is 13.8 Å². The molecule has 1 rings (SSSR count). The Bertz CT molecular complexity index is 938. The van der Waals surface area contributed by atoms with E-state index in [9.17, 15) is 26.4 Å². The fraction of sp³-hybridized carbons (Fsp3) is 0.429. The molecule has 12 heteroatoms. The quantitative estimate of drug-likeness (QED) is 0.538. The summed E-state index contributed by atoms with van der Waals surface area (Å²) in [5.74, 6) is -3.13. The molecule has 0 aliphatic carbocycles. The summed E-state index contributed by atoms with van der Waals surface area (Å²) in [5.41, 5.74) is 0.722. The van der Waals surface area contributed by atoms with Crippen molar-refractivity contribution >= 4 is 37.7 Å². The minimum atomic E-state index is -4.41. The van der Waals surface area contributed by atoms with E-state index in [1.807, 2.05) is 4.72 Å². The van der Waals surface area contributed by atoms with E-state index < -0.39 is 44.4 Å². The Morgan fingerprint density at radius 3 is 2.12 bits per heavy atom. The predicted molar refractivity (Wildman–Crippen MR) is 93.2 cm³/mol. The van der Waals surface area contributed by atoms with E-state index in [0.29, 0.717) is 5.56 Å².